The van der Waals surface area contributed by atoms with Crippen molar-refractivity contribution in [1.29, 1.82) is 0 Å². The van der Waals surface area contributed by atoms with Crippen LogP contribution in [0.4, 0.5) is 0 Å². The van der Waals surface area contributed by atoms with Gasteiger partial charge in [-0.15, -0.1) is 6.58 Å². The lowest BCUT2D eigenvalue weighted by atomic mass is 10.3. The van der Waals surface area contributed by atoms with Gasteiger partial charge in [-0.3, -0.25) is 14.6 Å². The largest absolute Gasteiger partial charge is 0.395 e. The number of β-amino-alcohol motifs (C(OH)–C–C–N with tert-alkyl or cyclic N) is 1. The number of aliphatic hydroxyl groups excluding tert-OH is 1. The van der Waals surface area contributed by atoms with Gasteiger partial charge < -0.3 is 10.4 Å². The Hall–Kier alpha value is -0.910. The third-order valence-electron chi connectivity index (χ3n) is 2.69. The topological polar surface area (TPSA) is 55.8 Å². The minimum absolute atomic E-state index is 0.0514. The number of carbonyl (C=O) groups is 1. The molecule has 0 bridgehead atoms. The maximum Gasteiger partial charge on any atom is 0.234 e. The Balaban J connectivity index is 2.16. The van der Waals surface area contributed by atoms with E-state index in [0.717, 1.165) is 32.7 Å². The molecule has 1 fully saturated rings. The van der Waals surface area contributed by atoms with E-state index >= 15 is 0 Å². The monoisotopic (exact) mass is 227 g/mol. The predicted octanol–water partition coefficient (Wildman–Crippen LogP) is -1.10. The van der Waals surface area contributed by atoms with E-state index in [-0.39, 0.29) is 12.5 Å². The molecule has 1 aliphatic rings. The molecule has 92 valence electrons. The summed E-state index contributed by atoms with van der Waals surface area (Å²) in [4.78, 5) is 15.8. The number of hydrogen-bond donors (Lipinski definition) is 2. The summed E-state index contributed by atoms with van der Waals surface area (Å²) in [7, 11) is 0. The summed E-state index contributed by atoms with van der Waals surface area (Å²) in [6, 6.07) is 0. The molecule has 0 aromatic heterocycles. The van der Waals surface area contributed by atoms with Crippen LogP contribution in [0, 0.1) is 0 Å². The van der Waals surface area contributed by atoms with Gasteiger partial charge >= 0.3 is 0 Å². The Kier molecular flexibility index (Phi) is 6.07. The average Bonchev–Trinajstić information content (AvgIpc) is 2.29. The van der Waals surface area contributed by atoms with Crippen LogP contribution in [0.2, 0.25) is 0 Å². The highest BCUT2D eigenvalue weighted by atomic mass is 16.3. The Morgan fingerprint density at radius 3 is 2.50 bits per heavy atom. The maximum absolute atomic E-state index is 11.4. The molecule has 0 aromatic carbocycles. The molecule has 0 atom stereocenters. The molecule has 0 aliphatic carbocycles. The van der Waals surface area contributed by atoms with E-state index in [1.165, 1.54) is 0 Å². The van der Waals surface area contributed by atoms with Crippen molar-refractivity contribution in [3.63, 3.8) is 0 Å². The van der Waals surface area contributed by atoms with Gasteiger partial charge in [-0.1, -0.05) is 6.08 Å². The lowest BCUT2D eigenvalue weighted by Crippen LogP contribution is -2.49. The van der Waals surface area contributed by atoms with E-state index in [1.807, 2.05) is 0 Å². The van der Waals surface area contributed by atoms with Crippen LogP contribution in [0.15, 0.2) is 12.7 Å². The fourth-order valence-corrected chi connectivity index (χ4v) is 1.76. The quantitative estimate of drug-likeness (QED) is 0.566. The van der Waals surface area contributed by atoms with Crippen molar-refractivity contribution >= 4 is 5.91 Å². The number of amides is 1. The van der Waals surface area contributed by atoms with Crippen molar-refractivity contribution in [2.75, 3.05) is 52.4 Å². The highest BCUT2D eigenvalue weighted by Crippen LogP contribution is 2.00. The van der Waals surface area contributed by atoms with Gasteiger partial charge in [-0.25, -0.2) is 0 Å². The molecule has 5 nitrogen and oxygen atoms in total. The SMILES string of the molecule is C=CCNC(=O)CN1CCN(CCO)CC1. The Morgan fingerprint density at radius 2 is 1.94 bits per heavy atom. The Bertz CT molecular complexity index is 225. The normalized spacial score (nSPS) is 18.3. The second kappa shape index (κ2) is 7.38. The lowest BCUT2D eigenvalue weighted by molar-refractivity contribution is -0.122. The lowest BCUT2D eigenvalue weighted by Gasteiger charge is -2.33. The van der Waals surface area contributed by atoms with E-state index in [4.69, 9.17) is 5.11 Å². The van der Waals surface area contributed by atoms with E-state index in [2.05, 4.69) is 21.7 Å². The molecule has 0 saturated carbocycles. The summed E-state index contributed by atoms with van der Waals surface area (Å²) < 4.78 is 0. The molecule has 5 heteroatoms. The number of nitrogens with zero attached hydrogens (tertiary/aromatic N) is 2. The Labute approximate surface area is 96.7 Å². The van der Waals surface area contributed by atoms with E-state index in [1.54, 1.807) is 6.08 Å². The van der Waals surface area contributed by atoms with Gasteiger partial charge in [0, 0.05) is 39.3 Å². The molecule has 0 spiro atoms. The molecule has 1 saturated heterocycles. The van der Waals surface area contributed by atoms with Crippen molar-refractivity contribution in [2.24, 2.45) is 0 Å². The highest BCUT2D eigenvalue weighted by molar-refractivity contribution is 5.78. The number of carbonyl (C=O) groups excluding carboxylic acids is 1. The predicted molar refractivity (Wildman–Crippen MR) is 63.2 cm³/mol. The first-order valence-electron chi connectivity index (χ1n) is 5.69. The van der Waals surface area contributed by atoms with Crippen LogP contribution in [-0.4, -0.2) is 73.2 Å². The van der Waals surface area contributed by atoms with E-state index in [0.29, 0.717) is 13.1 Å². The van der Waals surface area contributed by atoms with Crippen LogP contribution in [0.3, 0.4) is 0 Å². The molecule has 16 heavy (non-hydrogen) atoms. The van der Waals surface area contributed by atoms with Crippen LogP contribution >= 0.6 is 0 Å². The van der Waals surface area contributed by atoms with Gasteiger partial charge in [0.25, 0.3) is 0 Å². The first kappa shape index (κ1) is 13.2. The fourth-order valence-electron chi connectivity index (χ4n) is 1.76. The molecule has 1 amide bonds. The summed E-state index contributed by atoms with van der Waals surface area (Å²) in [6.45, 7) is 9.11. The van der Waals surface area contributed by atoms with Crippen LogP contribution < -0.4 is 5.32 Å². The minimum Gasteiger partial charge on any atom is -0.395 e. The summed E-state index contributed by atoms with van der Waals surface area (Å²) in [5, 5.41) is 11.6. The minimum atomic E-state index is 0.0514. The van der Waals surface area contributed by atoms with Gasteiger partial charge in [0.15, 0.2) is 0 Å². The number of rotatable bonds is 6. The first-order valence-corrected chi connectivity index (χ1v) is 5.69. The summed E-state index contributed by atoms with van der Waals surface area (Å²) in [5.41, 5.74) is 0. The summed E-state index contributed by atoms with van der Waals surface area (Å²) in [6.07, 6.45) is 1.68. The molecular weight excluding hydrogens is 206 g/mol. The maximum atomic E-state index is 11.4. The fraction of sp³-hybridized carbons (Fsp3) is 0.727. The summed E-state index contributed by atoms with van der Waals surface area (Å²) >= 11 is 0. The molecule has 0 aromatic rings. The molecule has 0 unspecified atom stereocenters. The van der Waals surface area contributed by atoms with Gasteiger partial charge in [0.05, 0.1) is 13.2 Å². The number of piperazine rings is 1. The van der Waals surface area contributed by atoms with Gasteiger partial charge in [0.2, 0.25) is 5.91 Å². The third kappa shape index (κ3) is 4.74. The van der Waals surface area contributed by atoms with Crippen molar-refractivity contribution < 1.29 is 9.90 Å². The van der Waals surface area contributed by atoms with Crippen LogP contribution in [-0.2, 0) is 4.79 Å². The number of hydrogen-bond acceptors (Lipinski definition) is 4. The van der Waals surface area contributed by atoms with Gasteiger partial charge in [-0.2, -0.15) is 0 Å². The highest BCUT2D eigenvalue weighted by Gasteiger charge is 2.17. The van der Waals surface area contributed by atoms with Crippen molar-refractivity contribution in [1.82, 2.24) is 15.1 Å². The van der Waals surface area contributed by atoms with Gasteiger partial charge in [-0.05, 0) is 0 Å². The zero-order chi connectivity index (χ0) is 11.8. The first-order chi connectivity index (χ1) is 7.76. The summed E-state index contributed by atoms with van der Waals surface area (Å²) in [5.74, 6) is 0.0514. The Morgan fingerprint density at radius 1 is 1.31 bits per heavy atom. The van der Waals surface area contributed by atoms with Crippen LogP contribution in [0.25, 0.3) is 0 Å². The van der Waals surface area contributed by atoms with Crippen molar-refractivity contribution in [2.45, 2.75) is 0 Å². The molecule has 1 aliphatic heterocycles. The second-order valence-electron chi connectivity index (χ2n) is 3.93. The number of aliphatic hydroxyl groups is 1. The molecule has 1 heterocycles. The van der Waals surface area contributed by atoms with Crippen molar-refractivity contribution in [3.05, 3.63) is 12.7 Å². The molecule has 0 radical (unpaired) electrons. The number of nitrogens with one attached hydrogen (secondary N) is 1. The zero-order valence-electron chi connectivity index (χ0n) is 9.69. The van der Waals surface area contributed by atoms with Crippen molar-refractivity contribution in [3.8, 4) is 0 Å². The van der Waals surface area contributed by atoms with Gasteiger partial charge in [0.1, 0.15) is 0 Å². The average molecular weight is 227 g/mol. The zero-order valence-corrected chi connectivity index (χ0v) is 9.69. The molecule has 1 rings (SSSR count). The van der Waals surface area contributed by atoms with E-state index < -0.39 is 0 Å². The molecular formula is C11H21N3O2. The third-order valence-corrected chi connectivity index (χ3v) is 2.69. The standard InChI is InChI=1S/C11H21N3O2/c1-2-3-12-11(16)10-14-6-4-13(5-7-14)8-9-15/h2,15H,1,3-10H2,(H,12,16). The smallest absolute Gasteiger partial charge is 0.234 e. The van der Waals surface area contributed by atoms with Crippen LogP contribution in [0.5, 0.6) is 0 Å². The van der Waals surface area contributed by atoms with E-state index in [9.17, 15) is 4.79 Å². The second-order valence-corrected chi connectivity index (χ2v) is 3.93. The molecule has 2 N–H and O–H groups in total. The van der Waals surface area contributed by atoms with Crippen LogP contribution in [0.1, 0.15) is 0 Å².